The maximum absolute atomic E-state index is 2.62. The number of likely N-dealkylation sites (tertiary alicyclic amines) is 1. The molecule has 2 fully saturated rings. The van der Waals surface area contributed by atoms with Crippen molar-refractivity contribution in [3.63, 3.8) is 0 Å². The van der Waals surface area contributed by atoms with Crippen LogP contribution >= 0.6 is 0 Å². The van der Waals surface area contributed by atoms with Crippen LogP contribution in [-0.4, -0.2) is 24.5 Å². The lowest BCUT2D eigenvalue weighted by atomic mass is 9.58. The molecule has 0 aromatic rings. The highest BCUT2D eigenvalue weighted by Crippen LogP contribution is 2.53. The summed E-state index contributed by atoms with van der Waals surface area (Å²) in [4.78, 5) is 2.62. The van der Waals surface area contributed by atoms with Gasteiger partial charge < -0.3 is 4.90 Å². The average Bonchev–Trinajstić information content (AvgIpc) is 2.44. The fourth-order valence-electron chi connectivity index (χ4n) is 3.15. The molecule has 1 aliphatic heterocycles. The Balaban J connectivity index is 1.84. The molecule has 1 heteroatoms. The zero-order chi connectivity index (χ0) is 9.47. The summed E-state index contributed by atoms with van der Waals surface area (Å²) in [6.07, 6.45) is 4.51. The van der Waals surface area contributed by atoms with Crippen molar-refractivity contribution in [2.45, 2.75) is 40.0 Å². The van der Waals surface area contributed by atoms with Gasteiger partial charge in [0, 0.05) is 6.54 Å². The Morgan fingerprint density at radius 2 is 2.08 bits per heavy atom. The zero-order valence-electron chi connectivity index (χ0n) is 9.34. The minimum absolute atomic E-state index is 0.769. The van der Waals surface area contributed by atoms with Crippen LogP contribution in [-0.2, 0) is 0 Å². The second kappa shape index (κ2) is 3.27. The van der Waals surface area contributed by atoms with Gasteiger partial charge >= 0.3 is 0 Å². The highest BCUT2D eigenvalue weighted by atomic mass is 15.2. The van der Waals surface area contributed by atoms with Crippen molar-refractivity contribution < 1.29 is 0 Å². The van der Waals surface area contributed by atoms with Crippen molar-refractivity contribution in [1.29, 1.82) is 0 Å². The van der Waals surface area contributed by atoms with Crippen LogP contribution in [0.5, 0.6) is 0 Å². The summed E-state index contributed by atoms with van der Waals surface area (Å²) < 4.78 is 0. The Labute approximate surface area is 82.5 Å². The quantitative estimate of drug-likeness (QED) is 0.633. The number of hydrogen-bond acceptors (Lipinski definition) is 1. The number of rotatable bonds is 2. The molecule has 2 aliphatic rings. The van der Waals surface area contributed by atoms with Crippen LogP contribution in [0.2, 0.25) is 0 Å². The van der Waals surface area contributed by atoms with E-state index < -0.39 is 0 Å². The van der Waals surface area contributed by atoms with Gasteiger partial charge in [0.05, 0.1) is 0 Å². The number of hydrogen-bond donors (Lipinski definition) is 0. The highest BCUT2D eigenvalue weighted by Gasteiger charge is 2.48. The van der Waals surface area contributed by atoms with Crippen LogP contribution in [0.1, 0.15) is 40.0 Å². The molecular formula is C12H23N. The van der Waals surface area contributed by atoms with Gasteiger partial charge in [0.15, 0.2) is 0 Å². The van der Waals surface area contributed by atoms with Crippen molar-refractivity contribution in [2.24, 2.45) is 17.3 Å². The molecule has 1 saturated carbocycles. The molecule has 0 radical (unpaired) electrons. The monoisotopic (exact) mass is 181 g/mol. The Morgan fingerprint density at radius 3 is 2.54 bits per heavy atom. The summed E-state index contributed by atoms with van der Waals surface area (Å²) in [6.45, 7) is 11.1. The van der Waals surface area contributed by atoms with E-state index in [-0.39, 0.29) is 0 Å². The van der Waals surface area contributed by atoms with Crippen molar-refractivity contribution in [2.75, 3.05) is 19.6 Å². The molecule has 1 nitrogen and oxygen atoms in total. The van der Waals surface area contributed by atoms with E-state index in [1.54, 1.807) is 0 Å². The van der Waals surface area contributed by atoms with Crippen LogP contribution in [0.25, 0.3) is 0 Å². The molecular weight excluding hydrogens is 158 g/mol. The van der Waals surface area contributed by atoms with Crippen LogP contribution in [0.15, 0.2) is 0 Å². The third-order valence-electron chi connectivity index (χ3n) is 4.30. The van der Waals surface area contributed by atoms with E-state index in [1.165, 1.54) is 38.9 Å². The Hall–Kier alpha value is -0.0400. The first kappa shape index (κ1) is 9.51. The molecule has 1 aliphatic carbocycles. The normalized spacial score (nSPS) is 40.2. The summed E-state index contributed by atoms with van der Waals surface area (Å²) in [7, 11) is 0. The zero-order valence-corrected chi connectivity index (χ0v) is 9.34. The van der Waals surface area contributed by atoms with Gasteiger partial charge in [-0.3, -0.25) is 0 Å². The predicted molar refractivity (Wildman–Crippen MR) is 56.7 cm³/mol. The second-order valence-corrected chi connectivity index (χ2v) is 5.53. The molecule has 76 valence electrons. The number of nitrogens with zero attached hydrogens (tertiary/aromatic N) is 1. The van der Waals surface area contributed by atoms with Gasteiger partial charge in [-0.1, -0.05) is 20.8 Å². The third kappa shape index (κ3) is 1.63. The molecule has 2 rings (SSSR count). The molecule has 1 heterocycles. The Kier molecular flexibility index (Phi) is 2.39. The van der Waals surface area contributed by atoms with Crippen molar-refractivity contribution in [3.8, 4) is 0 Å². The predicted octanol–water partition coefficient (Wildman–Crippen LogP) is 2.76. The van der Waals surface area contributed by atoms with E-state index in [0.717, 1.165) is 17.3 Å². The van der Waals surface area contributed by atoms with Crippen LogP contribution < -0.4 is 0 Å². The van der Waals surface area contributed by atoms with Gasteiger partial charge in [-0.2, -0.15) is 0 Å². The molecule has 0 aromatic heterocycles. The summed E-state index contributed by atoms with van der Waals surface area (Å²) in [6, 6.07) is 0. The Morgan fingerprint density at radius 1 is 1.38 bits per heavy atom. The topological polar surface area (TPSA) is 3.24 Å². The van der Waals surface area contributed by atoms with Crippen molar-refractivity contribution in [1.82, 2.24) is 4.90 Å². The fourth-order valence-corrected chi connectivity index (χ4v) is 3.15. The summed E-state index contributed by atoms with van der Waals surface area (Å²) in [5, 5.41) is 0. The molecule has 0 unspecified atom stereocenters. The molecule has 0 bridgehead atoms. The molecule has 1 saturated heterocycles. The van der Waals surface area contributed by atoms with Crippen molar-refractivity contribution >= 4 is 0 Å². The molecule has 0 atom stereocenters. The van der Waals surface area contributed by atoms with E-state index >= 15 is 0 Å². The van der Waals surface area contributed by atoms with Crippen molar-refractivity contribution in [3.05, 3.63) is 0 Å². The first-order valence-electron chi connectivity index (χ1n) is 5.87. The third-order valence-corrected chi connectivity index (χ3v) is 4.30. The van der Waals surface area contributed by atoms with Crippen LogP contribution in [0.3, 0.4) is 0 Å². The molecule has 13 heavy (non-hydrogen) atoms. The second-order valence-electron chi connectivity index (χ2n) is 5.53. The standard InChI is InChI=1S/C12H23N/c1-4-13-6-5-12(9-13)7-11(8-12)10(2)3/h10-11H,4-9H2,1-3H3. The van der Waals surface area contributed by atoms with Gasteiger partial charge in [-0.25, -0.2) is 0 Å². The minimum Gasteiger partial charge on any atom is -0.303 e. The molecule has 0 N–H and O–H groups in total. The van der Waals surface area contributed by atoms with Gasteiger partial charge in [0.1, 0.15) is 0 Å². The lowest BCUT2D eigenvalue weighted by Crippen LogP contribution is -2.41. The van der Waals surface area contributed by atoms with E-state index in [2.05, 4.69) is 25.7 Å². The first-order chi connectivity index (χ1) is 6.15. The van der Waals surface area contributed by atoms with Gasteiger partial charge in [-0.15, -0.1) is 0 Å². The van der Waals surface area contributed by atoms with Gasteiger partial charge in [-0.05, 0) is 49.6 Å². The van der Waals surface area contributed by atoms with E-state index in [0.29, 0.717) is 0 Å². The average molecular weight is 181 g/mol. The van der Waals surface area contributed by atoms with E-state index in [4.69, 9.17) is 0 Å². The fraction of sp³-hybridized carbons (Fsp3) is 1.00. The van der Waals surface area contributed by atoms with E-state index in [1.807, 2.05) is 0 Å². The first-order valence-corrected chi connectivity index (χ1v) is 5.87. The SMILES string of the molecule is CCN1CCC2(CC(C(C)C)C2)C1. The summed E-state index contributed by atoms with van der Waals surface area (Å²) >= 11 is 0. The molecule has 0 amide bonds. The summed E-state index contributed by atoms with van der Waals surface area (Å²) in [5.41, 5.74) is 0.769. The molecule has 1 spiro atoms. The minimum atomic E-state index is 0.769. The van der Waals surface area contributed by atoms with Crippen LogP contribution in [0, 0.1) is 17.3 Å². The maximum atomic E-state index is 2.62. The van der Waals surface area contributed by atoms with Crippen LogP contribution in [0.4, 0.5) is 0 Å². The largest absolute Gasteiger partial charge is 0.303 e. The maximum Gasteiger partial charge on any atom is 0.00385 e. The van der Waals surface area contributed by atoms with Gasteiger partial charge in [0.2, 0.25) is 0 Å². The Bertz CT molecular complexity index is 180. The highest BCUT2D eigenvalue weighted by molar-refractivity contribution is 5.00. The smallest absolute Gasteiger partial charge is 0.00385 e. The molecule has 0 aromatic carbocycles. The lowest BCUT2D eigenvalue weighted by molar-refractivity contribution is 0.0346. The van der Waals surface area contributed by atoms with E-state index in [9.17, 15) is 0 Å². The lowest BCUT2D eigenvalue weighted by Gasteiger charge is -2.47. The summed E-state index contributed by atoms with van der Waals surface area (Å²) in [5.74, 6) is 1.96. The van der Waals surface area contributed by atoms with Gasteiger partial charge in [0.25, 0.3) is 0 Å².